The predicted molar refractivity (Wildman–Crippen MR) is 108 cm³/mol. The summed E-state index contributed by atoms with van der Waals surface area (Å²) >= 11 is 0. The molecule has 0 N–H and O–H groups in total. The van der Waals surface area contributed by atoms with Crippen molar-refractivity contribution in [2.24, 2.45) is 5.92 Å². The van der Waals surface area contributed by atoms with Crippen LogP contribution in [0.3, 0.4) is 0 Å². The van der Waals surface area contributed by atoms with Crippen LogP contribution in [0.5, 0.6) is 0 Å². The molecule has 144 valence electrons. The van der Waals surface area contributed by atoms with Crippen LogP contribution in [0.25, 0.3) is 10.8 Å². The number of fused-ring (bicyclic) bond motifs is 1. The third kappa shape index (κ3) is 3.67. The minimum Gasteiger partial charge on any atom is -0.330 e. The number of hydrogen-bond acceptors (Lipinski definition) is 4. The summed E-state index contributed by atoms with van der Waals surface area (Å²) in [4.78, 5) is 32.4. The Bertz CT molecular complexity index is 1060. The van der Waals surface area contributed by atoms with Gasteiger partial charge in [-0.2, -0.15) is 5.10 Å². The van der Waals surface area contributed by atoms with Gasteiger partial charge < -0.3 is 4.90 Å². The second-order valence-electron chi connectivity index (χ2n) is 7.80. The number of carbonyl (C=O) groups is 1. The monoisotopic (exact) mass is 376 g/mol. The fourth-order valence-electron chi connectivity index (χ4n) is 3.44. The van der Waals surface area contributed by atoms with Crippen LogP contribution in [-0.2, 0) is 13.1 Å². The van der Waals surface area contributed by atoms with E-state index in [0.29, 0.717) is 29.6 Å². The number of aromatic nitrogens is 3. The minimum absolute atomic E-state index is 0.125. The van der Waals surface area contributed by atoms with Gasteiger partial charge in [-0.05, 0) is 36.5 Å². The smallest absolute Gasteiger partial charge is 0.275 e. The molecule has 0 saturated heterocycles. The largest absolute Gasteiger partial charge is 0.330 e. The third-order valence-corrected chi connectivity index (χ3v) is 4.93. The summed E-state index contributed by atoms with van der Waals surface area (Å²) in [6.07, 6.45) is 5.50. The maximum Gasteiger partial charge on any atom is 0.275 e. The van der Waals surface area contributed by atoms with Gasteiger partial charge in [-0.1, -0.05) is 38.1 Å². The van der Waals surface area contributed by atoms with Crippen LogP contribution in [0.15, 0.2) is 53.6 Å². The van der Waals surface area contributed by atoms with Crippen LogP contribution < -0.4 is 5.56 Å². The number of nitrogens with zero attached hydrogens (tertiary/aromatic N) is 4. The van der Waals surface area contributed by atoms with Crippen LogP contribution in [0, 0.1) is 5.92 Å². The molecule has 4 rings (SSSR count). The summed E-state index contributed by atoms with van der Waals surface area (Å²) in [5, 5.41) is 5.67. The molecule has 1 aromatic carbocycles. The first-order valence-corrected chi connectivity index (χ1v) is 9.74. The Labute approximate surface area is 163 Å². The fourth-order valence-corrected chi connectivity index (χ4v) is 3.44. The molecule has 0 radical (unpaired) electrons. The SMILES string of the molecule is CC(C)Cn1nc(C(=O)N(Cc2cccnc2)C2CC2)c2ccccc2c1=O. The Hall–Kier alpha value is -3.02. The highest BCUT2D eigenvalue weighted by molar-refractivity contribution is 6.05. The molecule has 0 atom stereocenters. The Morgan fingerprint density at radius 3 is 2.57 bits per heavy atom. The van der Waals surface area contributed by atoms with E-state index in [0.717, 1.165) is 18.4 Å². The average molecular weight is 376 g/mol. The molecule has 0 aliphatic heterocycles. The second-order valence-corrected chi connectivity index (χ2v) is 7.80. The maximum atomic E-state index is 13.5. The number of carbonyl (C=O) groups excluding carboxylic acids is 1. The molecule has 1 amide bonds. The molecule has 28 heavy (non-hydrogen) atoms. The quantitative estimate of drug-likeness (QED) is 0.662. The Morgan fingerprint density at radius 2 is 1.93 bits per heavy atom. The maximum absolute atomic E-state index is 13.5. The normalized spacial score (nSPS) is 13.8. The number of amides is 1. The van der Waals surface area contributed by atoms with Crippen LogP contribution >= 0.6 is 0 Å². The Balaban J connectivity index is 1.78. The van der Waals surface area contributed by atoms with E-state index in [1.165, 1.54) is 4.68 Å². The van der Waals surface area contributed by atoms with E-state index in [1.54, 1.807) is 18.5 Å². The summed E-state index contributed by atoms with van der Waals surface area (Å²) < 4.78 is 1.44. The molecule has 0 spiro atoms. The summed E-state index contributed by atoms with van der Waals surface area (Å²) in [5.41, 5.74) is 1.19. The second kappa shape index (κ2) is 7.54. The van der Waals surface area contributed by atoms with Gasteiger partial charge in [-0.15, -0.1) is 0 Å². The van der Waals surface area contributed by atoms with E-state index >= 15 is 0 Å². The van der Waals surface area contributed by atoms with Gasteiger partial charge >= 0.3 is 0 Å². The summed E-state index contributed by atoms with van der Waals surface area (Å²) in [5.74, 6) is 0.129. The molecule has 0 unspecified atom stereocenters. The molecule has 1 saturated carbocycles. The van der Waals surface area contributed by atoms with Gasteiger partial charge in [0.05, 0.1) is 5.39 Å². The van der Waals surface area contributed by atoms with Gasteiger partial charge in [0.2, 0.25) is 0 Å². The lowest BCUT2D eigenvalue weighted by Crippen LogP contribution is -2.36. The Morgan fingerprint density at radius 1 is 1.18 bits per heavy atom. The van der Waals surface area contributed by atoms with Gasteiger partial charge in [-0.25, -0.2) is 4.68 Å². The van der Waals surface area contributed by atoms with E-state index in [-0.39, 0.29) is 23.4 Å². The van der Waals surface area contributed by atoms with Crippen molar-refractivity contribution in [2.75, 3.05) is 0 Å². The van der Waals surface area contributed by atoms with Gasteiger partial charge in [-0.3, -0.25) is 14.6 Å². The molecule has 6 heteroatoms. The van der Waals surface area contributed by atoms with Crippen LogP contribution in [0.1, 0.15) is 42.7 Å². The molecule has 1 aliphatic rings. The fraction of sp³-hybridized carbons (Fsp3) is 0.364. The molecular weight excluding hydrogens is 352 g/mol. The molecule has 1 fully saturated rings. The van der Waals surface area contributed by atoms with Gasteiger partial charge in [0, 0.05) is 36.9 Å². The van der Waals surface area contributed by atoms with Crippen LogP contribution in [-0.4, -0.2) is 31.6 Å². The zero-order valence-corrected chi connectivity index (χ0v) is 16.2. The highest BCUT2D eigenvalue weighted by atomic mass is 16.2. The molecule has 0 bridgehead atoms. The van der Waals surface area contributed by atoms with Crippen molar-refractivity contribution in [2.45, 2.75) is 45.8 Å². The zero-order valence-electron chi connectivity index (χ0n) is 16.2. The van der Waals surface area contributed by atoms with Gasteiger partial charge in [0.25, 0.3) is 11.5 Å². The molecule has 3 aromatic rings. The van der Waals surface area contributed by atoms with E-state index in [9.17, 15) is 9.59 Å². The summed E-state index contributed by atoms with van der Waals surface area (Å²) in [6, 6.07) is 11.3. The topological polar surface area (TPSA) is 68.1 Å². The van der Waals surface area contributed by atoms with Crippen molar-refractivity contribution in [1.82, 2.24) is 19.7 Å². The molecular formula is C22H24N4O2. The lowest BCUT2D eigenvalue weighted by atomic mass is 10.1. The predicted octanol–water partition coefficient (Wildman–Crippen LogP) is 3.25. The van der Waals surface area contributed by atoms with Crippen LogP contribution in [0.2, 0.25) is 0 Å². The lowest BCUT2D eigenvalue weighted by Gasteiger charge is -2.23. The van der Waals surface area contributed by atoms with E-state index in [4.69, 9.17) is 0 Å². The van der Waals surface area contributed by atoms with E-state index in [1.807, 2.05) is 49.1 Å². The summed E-state index contributed by atoms with van der Waals surface area (Å²) in [6.45, 7) is 5.04. The third-order valence-electron chi connectivity index (χ3n) is 4.93. The van der Waals surface area contributed by atoms with Crippen molar-refractivity contribution in [3.63, 3.8) is 0 Å². The molecule has 6 nitrogen and oxygen atoms in total. The number of benzene rings is 1. The lowest BCUT2D eigenvalue weighted by molar-refractivity contribution is 0.0723. The molecule has 2 heterocycles. The highest BCUT2D eigenvalue weighted by Gasteiger charge is 2.34. The van der Waals surface area contributed by atoms with Gasteiger partial charge in [0.15, 0.2) is 5.69 Å². The molecule has 1 aliphatic carbocycles. The zero-order chi connectivity index (χ0) is 19.7. The van der Waals surface area contributed by atoms with E-state index < -0.39 is 0 Å². The summed E-state index contributed by atoms with van der Waals surface area (Å²) in [7, 11) is 0. The van der Waals surface area contributed by atoms with Crippen molar-refractivity contribution >= 4 is 16.7 Å². The number of rotatable bonds is 6. The minimum atomic E-state index is -0.147. The van der Waals surface area contributed by atoms with Crippen LogP contribution in [0.4, 0.5) is 0 Å². The average Bonchev–Trinajstić information content (AvgIpc) is 3.53. The van der Waals surface area contributed by atoms with E-state index in [2.05, 4.69) is 10.1 Å². The first-order chi connectivity index (χ1) is 13.5. The van der Waals surface area contributed by atoms with Crippen molar-refractivity contribution in [1.29, 1.82) is 0 Å². The van der Waals surface area contributed by atoms with Gasteiger partial charge in [0.1, 0.15) is 0 Å². The number of hydrogen-bond donors (Lipinski definition) is 0. The van der Waals surface area contributed by atoms with Crippen molar-refractivity contribution in [3.8, 4) is 0 Å². The first-order valence-electron chi connectivity index (χ1n) is 9.74. The molecule has 2 aromatic heterocycles. The Kier molecular flexibility index (Phi) is 4.94. The van der Waals surface area contributed by atoms with Crippen molar-refractivity contribution < 1.29 is 4.79 Å². The first kappa shape index (κ1) is 18.3. The number of pyridine rings is 1. The van der Waals surface area contributed by atoms with Crippen molar-refractivity contribution in [3.05, 3.63) is 70.4 Å². The standard InChI is InChI=1S/C22H24N4O2/c1-15(2)13-26-21(27)19-8-4-3-7-18(19)20(24-26)22(28)25(17-9-10-17)14-16-6-5-11-23-12-16/h3-8,11-12,15,17H,9-10,13-14H2,1-2H3. The highest BCUT2D eigenvalue weighted by Crippen LogP contribution is 2.30.